The first-order valence-electron chi connectivity index (χ1n) is 3.07. The summed E-state index contributed by atoms with van der Waals surface area (Å²) in [6, 6.07) is 0. The van der Waals surface area contributed by atoms with Crippen LogP contribution in [0, 0.1) is 0 Å². The van der Waals surface area contributed by atoms with Gasteiger partial charge in [0.25, 0.3) is 0 Å². The van der Waals surface area contributed by atoms with Gasteiger partial charge in [-0.05, 0) is 32.4 Å². The summed E-state index contributed by atoms with van der Waals surface area (Å²) in [6.45, 7) is 3.96. The number of hydrogen-bond acceptors (Lipinski definition) is 1. The molecule has 0 unspecified atom stereocenters. The maximum atomic E-state index is 10.7. The highest BCUT2D eigenvalue weighted by atomic mass is 16.1. The quantitative estimate of drug-likeness (QED) is 0.479. The second kappa shape index (κ2) is 2.18. The summed E-state index contributed by atoms with van der Waals surface area (Å²) in [7, 11) is 0. The van der Waals surface area contributed by atoms with E-state index < -0.39 is 0 Å². The minimum absolute atomic E-state index is 0.135. The van der Waals surface area contributed by atoms with Crippen molar-refractivity contribution >= 4 is 5.78 Å². The molecule has 0 aliphatic heterocycles. The van der Waals surface area contributed by atoms with Gasteiger partial charge in [-0.3, -0.25) is 4.79 Å². The van der Waals surface area contributed by atoms with Gasteiger partial charge in [0.15, 0.2) is 5.78 Å². The zero-order valence-corrected chi connectivity index (χ0v) is 5.77. The maximum Gasteiger partial charge on any atom is 0.178 e. The molecule has 48 valence electrons. The van der Waals surface area contributed by atoms with Gasteiger partial charge in [-0.25, -0.2) is 0 Å². The van der Waals surface area contributed by atoms with E-state index in [0.717, 1.165) is 6.42 Å². The molecule has 0 spiro atoms. The van der Waals surface area contributed by atoms with Gasteiger partial charge >= 0.3 is 0 Å². The molecule has 0 atom stereocenters. The van der Waals surface area contributed by atoms with Crippen LogP contribution in [0.2, 0.25) is 0 Å². The average molecular weight is 122 g/mol. The molecule has 0 amide bonds. The number of ketones is 1. The van der Waals surface area contributed by atoms with Gasteiger partial charge in [0.2, 0.25) is 0 Å². The van der Waals surface area contributed by atoms with Crippen molar-refractivity contribution in [3.05, 3.63) is 23.3 Å². The predicted molar refractivity (Wildman–Crippen MR) is 37.1 cm³/mol. The summed E-state index contributed by atoms with van der Waals surface area (Å²) in [4.78, 5) is 10.7. The fourth-order valence-electron chi connectivity index (χ4n) is 1.07. The summed E-state index contributed by atoms with van der Waals surface area (Å²) in [5, 5.41) is 0. The highest BCUT2D eigenvalue weighted by molar-refractivity contribution is 6.01. The van der Waals surface area contributed by atoms with Gasteiger partial charge in [0, 0.05) is 0 Å². The molecule has 0 aromatic rings. The first kappa shape index (κ1) is 6.27. The van der Waals surface area contributed by atoms with Crippen LogP contribution in [0.3, 0.4) is 0 Å². The lowest BCUT2D eigenvalue weighted by molar-refractivity contribution is -0.110. The van der Waals surface area contributed by atoms with Crippen molar-refractivity contribution in [2.24, 2.45) is 0 Å². The number of hydrogen-bond donors (Lipinski definition) is 0. The van der Waals surface area contributed by atoms with Crippen LogP contribution in [-0.4, -0.2) is 5.78 Å². The van der Waals surface area contributed by atoms with Gasteiger partial charge in [-0.2, -0.15) is 0 Å². The van der Waals surface area contributed by atoms with Crippen LogP contribution in [0.1, 0.15) is 20.3 Å². The topological polar surface area (TPSA) is 17.1 Å². The van der Waals surface area contributed by atoms with E-state index in [1.54, 1.807) is 12.2 Å². The van der Waals surface area contributed by atoms with Crippen molar-refractivity contribution in [1.82, 2.24) is 0 Å². The van der Waals surface area contributed by atoms with E-state index in [2.05, 4.69) is 0 Å². The Morgan fingerprint density at radius 3 is 2.00 bits per heavy atom. The van der Waals surface area contributed by atoms with Gasteiger partial charge < -0.3 is 0 Å². The van der Waals surface area contributed by atoms with E-state index in [9.17, 15) is 4.79 Å². The Bertz CT molecular complexity index is 177. The summed E-state index contributed by atoms with van der Waals surface area (Å²) < 4.78 is 0. The van der Waals surface area contributed by atoms with E-state index in [1.165, 1.54) is 11.1 Å². The van der Waals surface area contributed by atoms with Crippen LogP contribution in [0.4, 0.5) is 0 Å². The summed E-state index contributed by atoms with van der Waals surface area (Å²) in [5.74, 6) is 0.135. The van der Waals surface area contributed by atoms with Crippen molar-refractivity contribution in [2.45, 2.75) is 20.3 Å². The molecule has 0 bridgehead atoms. The molecule has 1 aliphatic rings. The molecule has 0 aromatic carbocycles. The Kier molecular flexibility index (Phi) is 1.52. The minimum atomic E-state index is 0.135. The van der Waals surface area contributed by atoms with Gasteiger partial charge in [-0.15, -0.1) is 0 Å². The fourth-order valence-corrected chi connectivity index (χ4v) is 1.07. The largest absolute Gasteiger partial charge is 0.290 e. The normalized spacial score (nSPS) is 19.1. The summed E-state index contributed by atoms with van der Waals surface area (Å²) >= 11 is 0. The molecule has 0 saturated carbocycles. The lowest BCUT2D eigenvalue weighted by Gasteiger charge is -2.05. The monoisotopic (exact) mass is 122 g/mol. The summed E-state index contributed by atoms with van der Waals surface area (Å²) in [5.41, 5.74) is 2.33. The third kappa shape index (κ3) is 1.53. The third-order valence-electron chi connectivity index (χ3n) is 1.33. The van der Waals surface area contributed by atoms with Gasteiger partial charge in [-0.1, -0.05) is 11.1 Å². The van der Waals surface area contributed by atoms with Crippen molar-refractivity contribution in [3.8, 4) is 0 Å². The lowest BCUT2D eigenvalue weighted by Crippen LogP contribution is -1.97. The van der Waals surface area contributed by atoms with E-state index >= 15 is 0 Å². The molecule has 0 N–H and O–H groups in total. The number of allylic oxidation sites excluding steroid dienone is 4. The second-order valence-corrected chi connectivity index (χ2v) is 2.56. The Hall–Kier alpha value is -0.850. The van der Waals surface area contributed by atoms with Crippen LogP contribution >= 0.6 is 0 Å². The van der Waals surface area contributed by atoms with Crippen molar-refractivity contribution < 1.29 is 4.79 Å². The van der Waals surface area contributed by atoms with Crippen LogP contribution in [-0.2, 0) is 4.79 Å². The standard InChI is InChI=1S/C8H10O/c1-6-3-7(2)5-8(9)4-6/h4-5H,3H2,1-2H3. The van der Waals surface area contributed by atoms with E-state index in [4.69, 9.17) is 0 Å². The van der Waals surface area contributed by atoms with E-state index in [0.29, 0.717) is 0 Å². The molecule has 1 rings (SSSR count). The molecule has 9 heavy (non-hydrogen) atoms. The molecule has 0 saturated heterocycles. The molecule has 0 fully saturated rings. The second-order valence-electron chi connectivity index (χ2n) is 2.56. The Labute approximate surface area is 55.1 Å². The summed E-state index contributed by atoms with van der Waals surface area (Å²) in [6.07, 6.45) is 4.34. The zero-order valence-electron chi connectivity index (χ0n) is 5.77. The highest BCUT2D eigenvalue weighted by Crippen LogP contribution is 2.14. The average Bonchev–Trinajstić information content (AvgIpc) is 1.59. The van der Waals surface area contributed by atoms with Crippen LogP contribution in [0.5, 0.6) is 0 Å². The number of carbonyl (C=O) groups is 1. The Balaban J connectivity index is 2.81. The van der Waals surface area contributed by atoms with Crippen molar-refractivity contribution in [3.63, 3.8) is 0 Å². The maximum absolute atomic E-state index is 10.7. The number of rotatable bonds is 0. The molecule has 0 aromatic heterocycles. The Morgan fingerprint density at radius 2 is 1.67 bits per heavy atom. The smallest absolute Gasteiger partial charge is 0.178 e. The molecule has 1 nitrogen and oxygen atoms in total. The first-order valence-corrected chi connectivity index (χ1v) is 3.07. The van der Waals surface area contributed by atoms with Crippen LogP contribution in [0.15, 0.2) is 23.3 Å². The Morgan fingerprint density at radius 1 is 1.22 bits per heavy atom. The number of carbonyl (C=O) groups excluding carboxylic acids is 1. The molecule has 1 heteroatoms. The van der Waals surface area contributed by atoms with Gasteiger partial charge in [0.05, 0.1) is 0 Å². The van der Waals surface area contributed by atoms with Crippen molar-refractivity contribution in [2.75, 3.05) is 0 Å². The van der Waals surface area contributed by atoms with Crippen LogP contribution in [0.25, 0.3) is 0 Å². The molecule has 1 aliphatic carbocycles. The fraction of sp³-hybridized carbons (Fsp3) is 0.375. The van der Waals surface area contributed by atoms with Gasteiger partial charge in [0.1, 0.15) is 0 Å². The molecular weight excluding hydrogens is 112 g/mol. The first-order chi connectivity index (χ1) is 4.18. The van der Waals surface area contributed by atoms with E-state index in [-0.39, 0.29) is 5.78 Å². The molecule has 0 radical (unpaired) electrons. The van der Waals surface area contributed by atoms with Crippen molar-refractivity contribution in [1.29, 1.82) is 0 Å². The zero-order chi connectivity index (χ0) is 6.85. The SMILES string of the molecule is CC1=CC(=O)C=C(C)C1. The molecule has 0 heterocycles. The highest BCUT2D eigenvalue weighted by Gasteiger charge is 2.03. The van der Waals surface area contributed by atoms with Crippen LogP contribution < -0.4 is 0 Å². The van der Waals surface area contributed by atoms with E-state index in [1.807, 2.05) is 13.8 Å². The molecular formula is C8H10O. The lowest BCUT2D eigenvalue weighted by atomic mass is 10.0. The minimum Gasteiger partial charge on any atom is -0.290 e. The predicted octanol–water partition coefficient (Wildman–Crippen LogP) is 1.85. The third-order valence-corrected chi connectivity index (χ3v) is 1.33.